The lowest BCUT2D eigenvalue weighted by molar-refractivity contribution is 0.504. The van der Waals surface area contributed by atoms with Crippen LogP contribution in [0, 0.1) is 0 Å². The standard InChI is InChI=1S/C28H27N7/c29-19-7-4-12-35(16-19)28-25-22(17-8-9-17)14-30-15-24(25)33-27(34-28)20-10-11-31-26-21(20)13-23(32-26)18-5-2-1-3-6-18/h1-3,5-6,10-11,13-15,17,19H,4,7-9,12,16,29H2,(H,31,32)/t19-/m0/s1. The molecule has 2 aliphatic rings. The van der Waals surface area contributed by atoms with E-state index in [-0.39, 0.29) is 6.04 Å². The maximum absolute atomic E-state index is 6.39. The summed E-state index contributed by atoms with van der Waals surface area (Å²) in [5.74, 6) is 2.25. The summed E-state index contributed by atoms with van der Waals surface area (Å²) in [6, 6.07) is 14.6. The number of nitrogens with two attached hydrogens (primary N) is 1. The summed E-state index contributed by atoms with van der Waals surface area (Å²) >= 11 is 0. The summed E-state index contributed by atoms with van der Waals surface area (Å²) in [6.45, 7) is 1.77. The van der Waals surface area contributed by atoms with Crippen LogP contribution in [-0.2, 0) is 0 Å². The highest BCUT2D eigenvalue weighted by Gasteiger charge is 2.30. The maximum atomic E-state index is 6.39. The zero-order valence-electron chi connectivity index (χ0n) is 19.5. The highest BCUT2D eigenvalue weighted by molar-refractivity contribution is 5.98. The van der Waals surface area contributed by atoms with E-state index in [9.17, 15) is 0 Å². The second-order valence-electron chi connectivity index (χ2n) is 9.79. The topological polar surface area (TPSA) is 96.6 Å². The number of H-pyrrole nitrogens is 1. The SMILES string of the molecule is N[C@H]1CCCN(c2nc(-c3ccnc4[nH]c(-c5ccccc5)cc34)nc3cncc(C4CC4)c23)C1. The second-order valence-corrected chi connectivity index (χ2v) is 9.79. The Kier molecular flexibility index (Phi) is 4.77. The van der Waals surface area contributed by atoms with Gasteiger partial charge < -0.3 is 15.6 Å². The van der Waals surface area contributed by atoms with E-state index in [1.165, 1.54) is 18.4 Å². The molecule has 7 heteroatoms. The molecule has 5 aromatic rings. The zero-order chi connectivity index (χ0) is 23.4. The lowest BCUT2D eigenvalue weighted by atomic mass is 10.0. The fourth-order valence-electron chi connectivity index (χ4n) is 5.34. The van der Waals surface area contributed by atoms with Gasteiger partial charge in [0.2, 0.25) is 0 Å². The predicted molar refractivity (Wildman–Crippen MR) is 139 cm³/mol. The number of hydrogen-bond acceptors (Lipinski definition) is 6. The van der Waals surface area contributed by atoms with E-state index in [2.05, 4.69) is 38.1 Å². The van der Waals surface area contributed by atoms with Gasteiger partial charge in [0.25, 0.3) is 0 Å². The van der Waals surface area contributed by atoms with Crippen molar-refractivity contribution in [2.75, 3.05) is 18.0 Å². The van der Waals surface area contributed by atoms with Crippen molar-refractivity contribution in [3.8, 4) is 22.6 Å². The molecule has 0 radical (unpaired) electrons. The van der Waals surface area contributed by atoms with Gasteiger partial charge in [0.05, 0.1) is 11.7 Å². The number of piperidine rings is 1. The summed E-state index contributed by atoms with van der Waals surface area (Å²) in [6.07, 6.45) is 10.3. The lowest BCUT2D eigenvalue weighted by Gasteiger charge is -2.33. The number of nitrogens with one attached hydrogen (secondary N) is 1. The predicted octanol–water partition coefficient (Wildman–Crippen LogP) is 5.04. The third-order valence-corrected chi connectivity index (χ3v) is 7.25. The molecular formula is C28H27N7. The van der Waals surface area contributed by atoms with Crippen LogP contribution in [0.25, 0.3) is 44.6 Å². The summed E-state index contributed by atoms with van der Waals surface area (Å²) in [4.78, 5) is 25.3. The van der Waals surface area contributed by atoms with Crippen molar-refractivity contribution in [2.45, 2.75) is 37.6 Å². The molecule has 1 aromatic carbocycles. The van der Waals surface area contributed by atoms with E-state index in [0.29, 0.717) is 11.7 Å². The third kappa shape index (κ3) is 3.63. The van der Waals surface area contributed by atoms with Crippen molar-refractivity contribution in [3.05, 3.63) is 66.6 Å². The van der Waals surface area contributed by atoms with Gasteiger partial charge >= 0.3 is 0 Å². The van der Waals surface area contributed by atoms with Crippen molar-refractivity contribution in [3.63, 3.8) is 0 Å². The molecule has 0 unspecified atom stereocenters. The Bertz CT molecular complexity index is 1540. The number of rotatable bonds is 4. The number of aromatic amines is 1. The number of aromatic nitrogens is 5. The first-order valence-corrected chi connectivity index (χ1v) is 12.4. The highest BCUT2D eigenvalue weighted by Crippen LogP contribution is 2.45. The highest BCUT2D eigenvalue weighted by atomic mass is 15.2. The Hall–Kier alpha value is -3.84. The van der Waals surface area contributed by atoms with Crippen LogP contribution < -0.4 is 10.6 Å². The molecule has 1 saturated heterocycles. The summed E-state index contributed by atoms with van der Waals surface area (Å²) in [5.41, 5.74) is 12.5. The van der Waals surface area contributed by atoms with Crippen molar-refractivity contribution >= 4 is 27.8 Å². The molecule has 5 heterocycles. The second kappa shape index (κ2) is 8.13. The minimum atomic E-state index is 0.161. The van der Waals surface area contributed by atoms with Gasteiger partial charge in [0.15, 0.2) is 5.82 Å². The molecule has 0 spiro atoms. The fourth-order valence-corrected chi connectivity index (χ4v) is 5.34. The molecule has 2 fully saturated rings. The number of benzene rings is 1. The van der Waals surface area contributed by atoms with Crippen LogP contribution in [0.5, 0.6) is 0 Å². The molecule has 0 bridgehead atoms. The van der Waals surface area contributed by atoms with E-state index in [1.54, 1.807) is 0 Å². The average Bonchev–Trinajstić information content (AvgIpc) is 3.65. The first kappa shape index (κ1) is 20.5. The molecule has 7 rings (SSSR count). The Morgan fingerprint density at radius 2 is 1.89 bits per heavy atom. The number of pyridine rings is 2. The Morgan fingerprint density at radius 3 is 2.71 bits per heavy atom. The summed E-state index contributed by atoms with van der Waals surface area (Å²) in [7, 11) is 0. The minimum absolute atomic E-state index is 0.161. The largest absolute Gasteiger partial charge is 0.354 e. The molecule has 1 saturated carbocycles. The monoisotopic (exact) mass is 461 g/mol. The molecule has 4 aromatic heterocycles. The van der Waals surface area contributed by atoms with Gasteiger partial charge in [-0.05, 0) is 54.9 Å². The van der Waals surface area contributed by atoms with Gasteiger partial charge in [-0.3, -0.25) is 4.98 Å². The molecule has 1 aliphatic carbocycles. The third-order valence-electron chi connectivity index (χ3n) is 7.25. The van der Waals surface area contributed by atoms with Crippen LogP contribution in [0.3, 0.4) is 0 Å². The van der Waals surface area contributed by atoms with Crippen molar-refractivity contribution in [2.24, 2.45) is 5.73 Å². The molecule has 174 valence electrons. The summed E-state index contributed by atoms with van der Waals surface area (Å²) < 4.78 is 0. The Balaban J connectivity index is 1.43. The van der Waals surface area contributed by atoms with Gasteiger partial charge in [-0.1, -0.05) is 30.3 Å². The quantitative estimate of drug-likeness (QED) is 0.389. The number of nitrogens with zero attached hydrogens (tertiary/aromatic N) is 5. The molecule has 1 aliphatic heterocycles. The molecule has 0 amide bonds. The molecule has 35 heavy (non-hydrogen) atoms. The van der Waals surface area contributed by atoms with Crippen molar-refractivity contribution < 1.29 is 0 Å². The zero-order valence-corrected chi connectivity index (χ0v) is 19.5. The van der Waals surface area contributed by atoms with Crippen LogP contribution in [-0.4, -0.2) is 44.1 Å². The molecule has 1 atom stereocenters. The van der Waals surface area contributed by atoms with Crippen molar-refractivity contribution in [1.82, 2.24) is 24.9 Å². The van der Waals surface area contributed by atoms with E-state index in [1.807, 2.05) is 42.9 Å². The molecule has 3 N–H and O–H groups in total. The van der Waals surface area contributed by atoms with Crippen LogP contribution in [0.15, 0.2) is 61.1 Å². The molecular weight excluding hydrogens is 434 g/mol. The van der Waals surface area contributed by atoms with Crippen molar-refractivity contribution in [1.29, 1.82) is 0 Å². The fraction of sp³-hybridized carbons (Fsp3) is 0.286. The van der Waals surface area contributed by atoms with E-state index >= 15 is 0 Å². The number of fused-ring (bicyclic) bond motifs is 2. The van der Waals surface area contributed by atoms with Crippen LogP contribution in [0.1, 0.15) is 37.2 Å². The average molecular weight is 462 g/mol. The Morgan fingerprint density at radius 1 is 1.00 bits per heavy atom. The van der Waals surface area contributed by atoms with Gasteiger partial charge in [0, 0.05) is 53.6 Å². The van der Waals surface area contributed by atoms with Gasteiger partial charge in [-0.2, -0.15) is 0 Å². The smallest absolute Gasteiger partial charge is 0.163 e. The summed E-state index contributed by atoms with van der Waals surface area (Å²) in [5, 5.41) is 2.16. The van der Waals surface area contributed by atoms with Gasteiger partial charge in [-0.15, -0.1) is 0 Å². The number of anilines is 1. The van der Waals surface area contributed by atoms with E-state index < -0.39 is 0 Å². The normalized spacial score (nSPS) is 18.4. The maximum Gasteiger partial charge on any atom is 0.163 e. The number of hydrogen-bond donors (Lipinski definition) is 2. The Labute approximate surface area is 203 Å². The lowest BCUT2D eigenvalue weighted by Crippen LogP contribution is -2.43. The van der Waals surface area contributed by atoms with E-state index in [4.69, 9.17) is 15.7 Å². The van der Waals surface area contributed by atoms with Gasteiger partial charge in [-0.25, -0.2) is 15.0 Å². The van der Waals surface area contributed by atoms with Crippen LogP contribution in [0.2, 0.25) is 0 Å². The minimum Gasteiger partial charge on any atom is -0.354 e. The van der Waals surface area contributed by atoms with Gasteiger partial charge in [0.1, 0.15) is 11.5 Å². The van der Waals surface area contributed by atoms with Crippen LogP contribution in [0.4, 0.5) is 5.82 Å². The van der Waals surface area contributed by atoms with E-state index in [0.717, 1.165) is 70.5 Å². The first-order valence-electron chi connectivity index (χ1n) is 12.4. The van der Waals surface area contributed by atoms with Crippen LogP contribution >= 0.6 is 0 Å². The first-order chi connectivity index (χ1) is 17.2. The molecule has 7 nitrogen and oxygen atoms in total.